The van der Waals surface area contributed by atoms with E-state index in [9.17, 15) is 0 Å². The number of hydrogen-bond acceptors (Lipinski definition) is 3. The van der Waals surface area contributed by atoms with E-state index in [0.717, 1.165) is 12.2 Å². The van der Waals surface area contributed by atoms with Crippen LogP contribution in [0, 0.1) is 0 Å². The Balaban J connectivity index is 1.87. The van der Waals surface area contributed by atoms with Crippen LogP contribution in [0.1, 0.15) is 11.1 Å². The summed E-state index contributed by atoms with van der Waals surface area (Å²) in [7, 11) is 1.64. The molecule has 0 amide bonds. The molecule has 20 heavy (non-hydrogen) atoms. The van der Waals surface area contributed by atoms with E-state index in [1.165, 1.54) is 11.1 Å². The summed E-state index contributed by atoms with van der Waals surface area (Å²) in [5, 5.41) is 0. The molecule has 0 radical (unpaired) electrons. The highest BCUT2D eigenvalue weighted by atomic mass is 16.5. The van der Waals surface area contributed by atoms with Crippen LogP contribution >= 0.6 is 0 Å². The molecule has 2 aromatic carbocycles. The zero-order chi connectivity index (χ0) is 14.2. The lowest BCUT2D eigenvalue weighted by Gasteiger charge is -2.12. The minimum atomic E-state index is -0.0935. The van der Waals surface area contributed by atoms with Crippen molar-refractivity contribution in [1.29, 1.82) is 0 Å². The lowest BCUT2D eigenvalue weighted by Crippen LogP contribution is -2.32. The van der Waals surface area contributed by atoms with Gasteiger partial charge in [-0.15, -0.1) is 0 Å². The first-order valence-electron chi connectivity index (χ1n) is 6.78. The Hall–Kier alpha value is -1.84. The summed E-state index contributed by atoms with van der Waals surface area (Å²) in [6.07, 6.45) is 0.935. The minimum absolute atomic E-state index is 0.0935. The molecular formula is C17H21NO2. The second kappa shape index (κ2) is 7.68. The number of ether oxygens (including phenoxy) is 2. The Kier molecular flexibility index (Phi) is 5.59. The third kappa shape index (κ3) is 4.68. The molecule has 0 heterocycles. The molecule has 0 spiro atoms. The van der Waals surface area contributed by atoms with Gasteiger partial charge in [0.25, 0.3) is 0 Å². The summed E-state index contributed by atoms with van der Waals surface area (Å²) in [6, 6.07) is 18.5. The van der Waals surface area contributed by atoms with Gasteiger partial charge < -0.3 is 15.2 Å². The normalized spacial score (nSPS) is 12.1. The van der Waals surface area contributed by atoms with Gasteiger partial charge in [0.15, 0.2) is 0 Å². The Morgan fingerprint density at radius 3 is 2.20 bits per heavy atom. The third-order valence-electron chi connectivity index (χ3n) is 3.02. The number of methoxy groups -OCH3 is 1. The first-order chi connectivity index (χ1) is 9.78. The number of nitrogens with two attached hydrogens (primary N) is 1. The summed E-state index contributed by atoms with van der Waals surface area (Å²) in [6.45, 7) is 0.970. The van der Waals surface area contributed by atoms with E-state index in [2.05, 4.69) is 36.4 Å². The SMILES string of the molecule is COCC(N)COc1ccc(Cc2ccccc2)cc1. The Morgan fingerprint density at radius 1 is 0.900 bits per heavy atom. The standard InChI is InChI=1S/C17H21NO2/c1-19-12-16(18)13-20-17-9-7-15(8-10-17)11-14-5-3-2-4-6-14/h2-10,16H,11-13,18H2,1H3. The van der Waals surface area contributed by atoms with E-state index in [1.807, 2.05) is 18.2 Å². The van der Waals surface area contributed by atoms with Crippen LogP contribution in [0.4, 0.5) is 0 Å². The van der Waals surface area contributed by atoms with Crippen molar-refractivity contribution < 1.29 is 9.47 Å². The highest BCUT2D eigenvalue weighted by Gasteiger charge is 2.03. The molecule has 0 fully saturated rings. The molecule has 0 aromatic heterocycles. The van der Waals surface area contributed by atoms with Gasteiger partial charge >= 0.3 is 0 Å². The van der Waals surface area contributed by atoms with Gasteiger partial charge in [-0.2, -0.15) is 0 Å². The molecule has 1 unspecified atom stereocenters. The average Bonchev–Trinajstić information content (AvgIpc) is 2.48. The van der Waals surface area contributed by atoms with E-state index in [4.69, 9.17) is 15.2 Å². The lowest BCUT2D eigenvalue weighted by atomic mass is 10.1. The minimum Gasteiger partial charge on any atom is -0.492 e. The molecule has 1 atom stereocenters. The van der Waals surface area contributed by atoms with Crippen LogP contribution in [0.3, 0.4) is 0 Å². The molecule has 3 heteroatoms. The molecule has 2 rings (SSSR count). The fourth-order valence-corrected chi connectivity index (χ4v) is 2.00. The van der Waals surface area contributed by atoms with Crippen LogP contribution in [-0.2, 0) is 11.2 Å². The van der Waals surface area contributed by atoms with E-state index >= 15 is 0 Å². The number of rotatable bonds is 7. The molecule has 3 nitrogen and oxygen atoms in total. The average molecular weight is 271 g/mol. The molecule has 0 saturated heterocycles. The maximum atomic E-state index is 5.81. The van der Waals surface area contributed by atoms with Gasteiger partial charge in [-0.1, -0.05) is 42.5 Å². The topological polar surface area (TPSA) is 44.5 Å². The molecule has 2 aromatic rings. The quantitative estimate of drug-likeness (QED) is 0.842. The fraction of sp³-hybridized carbons (Fsp3) is 0.294. The Morgan fingerprint density at radius 2 is 1.55 bits per heavy atom. The summed E-state index contributed by atoms with van der Waals surface area (Å²) in [5.41, 5.74) is 8.39. The predicted octanol–water partition coefficient (Wildman–Crippen LogP) is 2.63. The summed E-state index contributed by atoms with van der Waals surface area (Å²) >= 11 is 0. The van der Waals surface area contributed by atoms with Gasteiger partial charge in [0.05, 0.1) is 12.6 Å². The predicted molar refractivity (Wildman–Crippen MR) is 81.0 cm³/mol. The van der Waals surface area contributed by atoms with Gasteiger partial charge in [-0.25, -0.2) is 0 Å². The molecule has 0 aliphatic rings. The smallest absolute Gasteiger partial charge is 0.119 e. The second-order valence-corrected chi connectivity index (χ2v) is 4.83. The number of hydrogen-bond donors (Lipinski definition) is 1. The number of benzene rings is 2. The lowest BCUT2D eigenvalue weighted by molar-refractivity contribution is 0.152. The van der Waals surface area contributed by atoms with Crippen molar-refractivity contribution in [2.75, 3.05) is 20.3 Å². The Labute approximate surface area is 120 Å². The van der Waals surface area contributed by atoms with Crippen molar-refractivity contribution in [2.45, 2.75) is 12.5 Å². The highest BCUT2D eigenvalue weighted by molar-refractivity contribution is 5.31. The summed E-state index contributed by atoms with van der Waals surface area (Å²) in [5.74, 6) is 0.841. The maximum Gasteiger partial charge on any atom is 0.119 e. The first kappa shape index (κ1) is 14.6. The van der Waals surface area contributed by atoms with Crippen LogP contribution in [0.15, 0.2) is 54.6 Å². The van der Waals surface area contributed by atoms with Crippen molar-refractivity contribution in [3.05, 3.63) is 65.7 Å². The molecule has 106 valence electrons. The van der Waals surface area contributed by atoms with Crippen LogP contribution in [0.2, 0.25) is 0 Å². The highest BCUT2D eigenvalue weighted by Crippen LogP contribution is 2.15. The third-order valence-corrected chi connectivity index (χ3v) is 3.02. The van der Waals surface area contributed by atoms with E-state index in [0.29, 0.717) is 13.2 Å². The van der Waals surface area contributed by atoms with Crippen LogP contribution < -0.4 is 10.5 Å². The zero-order valence-electron chi connectivity index (χ0n) is 11.8. The van der Waals surface area contributed by atoms with Crippen molar-refractivity contribution in [3.63, 3.8) is 0 Å². The summed E-state index contributed by atoms with van der Waals surface area (Å²) in [4.78, 5) is 0. The molecule has 0 aliphatic heterocycles. The second-order valence-electron chi connectivity index (χ2n) is 4.83. The molecule has 0 saturated carbocycles. The molecule has 2 N–H and O–H groups in total. The van der Waals surface area contributed by atoms with Gasteiger partial charge in [-0.3, -0.25) is 0 Å². The van der Waals surface area contributed by atoms with Crippen molar-refractivity contribution in [1.82, 2.24) is 0 Å². The monoisotopic (exact) mass is 271 g/mol. The molecule has 0 aliphatic carbocycles. The van der Waals surface area contributed by atoms with E-state index in [1.54, 1.807) is 7.11 Å². The van der Waals surface area contributed by atoms with Gasteiger partial charge in [0, 0.05) is 7.11 Å². The maximum absolute atomic E-state index is 5.81. The Bertz CT molecular complexity index is 496. The first-order valence-corrected chi connectivity index (χ1v) is 6.78. The van der Waals surface area contributed by atoms with Crippen molar-refractivity contribution >= 4 is 0 Å². The van der Waals surface area contributed by atoms with Crippen LogP contribution in [0.25, 0.3) is 0 Å². The fourth-order valence-electron chi connectivity index (χ4n) is 2.00. The summed E-state index contributed by atoms with van der Waals surface area (Å²) < 4.78 is 10.6. The van der Waals surface area contributed by atoms with Crippen LogP contribution in [0.5, 0.6) is 5.75 Å². The van der Waals surface area contributed by atoms with Gasteiger partial charge in [-0.05, 0) is 29.7 Å². The van der Waals surface area contributed by atoms with Crippen LogP contribution in [-0.4, -0.2) is 26.4 Å². The van der Waals surface area contributed by atoms with Gasteiger partial charge in [0.1, 0.15) is 12.4 Å². The van der Waals surface area contributed by atoms with E-state index < -0.39 is 0 Å². The van der Waals surface area contributed by atoms with E-state index in [-0.39, 0.29) is 6.04 Å². The molecular weight excluding hydrogens is 250 g/mol. The van der Waals surface area contributed by atoms with Crippen molar-refractivity contribution in [3.8, 4) is 5.75 Å². The molecule has 0 bridgehead atoms. The van der Waals surface area contributed by atoms with Gasteiger partial charge in [0.2, 0.25) is 0 Å². The zero-order valence-corrected chi connectivity index (χ0v) is 11.8. The van der Waals surface area contributed by atoms with Crippen molar-refractivity contribution in [2.24, 2.45) is 5.73 Å². The largest absolute Gasteiger partial charge is 0.492 e.